The molecule has 1 heteroatoms. The minimum atomic E-state index is -0.0939. The van der Waals surface area contributed by atoms with Crippen LogP contribution < -0.4 is 0 Å². The van der Waals surface area contributed by atoms with Crippen LogP contribution in [0.5, 0.6) is 0 Å². The summed E-state index contributed by atoms with van der Waals surface area (Å²) in [6.45, 7) is 11.6. The van der Waals surface area contributed by atoms with E-state index in [0.29, 0.717) is 29.1 Å². The summed E-state index contributed by atoms with van der Waals surface area (Å²) in [7, 11) is 0. The SMILES string of the molecule is CC[C@@H](C)/C=C\[C@H]1[C@@H](C)CC[C@H]2C(C)(C)CCC[C@]12C=O. The molecule has 0 aromatic rings. The number of hydrogen-bond acceptors (Lipinski definition) is 1. The zero-order valence-corrected chi connectivity index (χ0v) is 14.7. The Labute approximate surface area is 131 Å². The summed E-state index contributed by atoms with van der Waals surface area (Å²) in [4.78, 5) is 12.2. The zero-order chi connectivity index (χ0) is 15.7. The van der Waals surface area contributed by atoms with Crippen molar-refractivity contribution in [1.29, 1.82) is 0 Å². The Bertz CT molecular complexity index is 395. The van der Waals surface area contributed by atoms with Gasteiger partial charge in [0.05, 0.1) is 0 Å². The molecule has 5 atom stereocenters. The molecule has 0 aromatic carbocycles. The van der Waals surface area contributed by atoms with E-state index in [-0.39, 0.29) is 5.41 Å². The minimum Gasteiger partial charge on any atom is -0.303 e. The van der Waals surface area contributed by atoms with Crippen molar-refractivity contribution < 1.29 is 4.79 Å². The van der Waals surface area contributed by atoms with E-state index in [4.69, 9.17) is 0 Å². The molecule has 2 aliphatic rings. The number of rotatable bonds is 4. The highest BCUT2D eigenvalue weighted by molar-refractivity contribution is 5.62. The first-order valence-corrected chi connectivity index (χ1v) is 9.02. The molecule has 2 rings (SSSR count). The van der Waals surface area contributed by atoms with Gasteiger partial charge >= 0.3 is 0 Å². The summed E-state index contributed by atoms with van der Waals surface area (Å²) >= 11 is 0. The molecule has 120 valence electrons. The zero-order valence-electron chi connectivity index (χ0n) is 14.7. The molecular formula is C20H34O. The van der Waals surface area contributed by atoms with Crippen molar-refractivity contribution in [2.24, 2.45) is 34.5 Å². The lowest BCUT2D eigenvalue weighted by Gasteiger charge is -2.57. The van der Waals surface area contributed by atoms with Crippen LogP contribution in [0, 0.1) is 34.5 Å². The third-order valence-electron chi connectivity index (χ3n) is 6.68. The minimum absolute atomic E-state index is 0.0939. The van der Waals surface area contributed by atoms with Crippen LogP contribution in [0.3, 0.4) is 0 Å². The fraction of sp³-hybridized carbons (Fsp3) is 0.850. The van der Waals surface area contributed by atoms with E-state index in [2.05, 4.69) is 46.8 Å². The van der Waals surface area contributed by atoms with Crippen molar-refractivity contribution in [2.75, 3.05) is 0 Å². The Morgan fingerprint density at radius 1 is 1.24 bits per heavy atom. The second-order valence-corrected chi connectivity index (χ2v) is 8.48. The number of allylic oxidation sites excluding steroid dienone is 2. The van der Waals surface area contributed by atoms with Gasteiger partial charge in [0.25, 0.3) is 0 Å². The van der Waals surface area contributed by atoms with E-state index in [1.165, 1.54) is 38.4 Å². The number of fused-ring (bicyclic) bond motifs is 1. The summed E-state index contributed by atoms with van der Waals surface area (Å²) in [6.07, 6.45) is 13.4. The monoisotopic (exact) mass is 290 g/mol. The Kier molecular flexibility index (Phi) is 5.00. The molecule has 2 aliphatic carbocycles. The maximum absolute atomic E-state index is 12.2. The highest BCUT2D eigenvalue weighted by atomic mass is 16.1. The van der Waals surface area contributed by atoms with Crippen molar-refractivity contribution in [3.8, 4) is 0 Å². The first kappa shape index (κ1) is 16.8. The van der Waals surface area contributed by atoms with Crippen LogP contribution in [0.15, 0.2) is 12.2 Å². The fourth-order valence-corrected chi connectivity index (χ4v) is 5.16. The number of aldehydes is 1. The molecular weight excluding hydrogens is 256 g/mol. The van der Waals surface area contributed by atoms with E-state index in [1.807, 2.05) is 0 Å². The quantitative estimate of drug-likeness (QED) is 0.483. The van der Waals surface area contributed by atoms with E-state index < -0.39 is 0 Å². The molecule has 21 heavy (non-hydrogen) atoms. The topological polar surface area (TPSA) is 17.1 Å². The van der Waals surface area contributed by atoms with Crippen LogP contribution in [-0.2, 0) is 4.79 Å². The van der Waals surface area contributed by atoms with Crippen LogP contribution >= 0.6 is 0 Å². The summed E-state index contributed by atoms with van der Waals surface area (Å²) in [5.41, 5.74) is 0.227. The number of carbonyl (C=O) groups excluding carboxylic acids is 1. The largest absolute Gasteiger partial charge is 0.303 e. The van der Waals surface area contributed by atoms with Gasteiger partial charge in [-0.15, -0.1) is 0 Å². The third kappa shape index (κ3) is 2.98. The average Bonchev–Trinajstić information content (AvgIpc) is 2.45. The summed E-state index contributed by atoms with van der Waals surface area (Å²) in [5, 5.41) is 0. The lowest BCUT2D eigenvalue weighted by Crippen LogP contribution is -2.53. The van der Waals surface area contributed by atoms with Crippen LogP contribution in [-0.4, -0.2) is 6.29 Å². The Morgan fingerprint density at radius 3 is 2.57 bits per heavy atom. The molecule has 0 amide bonds. The highest BCUT2D eigenvalue weighted by Gasteiger charge is 2.55. The summed E-state index contributed by atoms with van der Waals surface area (Å²) < 4.78 is 0. The summed E-state index contributed by atoms with van der Waals surface area (Å²) in [5.74, 6) is 2.28. The van der Waals surface area contributed by atoms with Crippen molar-refractivity contribution in [3.05, 3.63) is 12.2 Å². The Hall–Kier alpha value is -0.590. The van der Waals surface area contributed by atoms with E-state index >= 15 is 0 Å². The van der Waals surface area contributed by atoms with Crippen LogP contribution in [0.1, 0.15) is 73.1 Å². The first-order chi connectivity index (χ1) is 9.87. The van der Waals surface area contributed by atoms with Gasteiger partial charge in [-0.3, -0.25) is 0 Å². The van der Waals surface area contributed by atoms with Gasteiger partial charge in [0.2, 0.25) is 0 Å². The maximum atomic E-state index is 12.2. The molecule has 0 aromatic heterocycles. The lowest BCUT2D eigenvalue weighted by molar-refractivity contribution is -0.140. The van der Waals surface area contributed by atoms with Crippen molar-refractivity contribution in [2.45, 2.75) is 73.1 Å². The summed E-state index contributed by atoms with van der Waals surface area (Å²) in [6, 6.07) is 0. The van der Waals surface area contributed by atoms with E-state index in [9.17, 15) is 4.79 Å². The van der Waals surface area contributed by atoms with Gasteiger partial charge in [0, 0.05) is 5.41 Å². The van der Waals surface area contributed by atoms with Gasteiger partial charge in [-0.05, 0) is 54.8 Å². The molecule has 2 fully saturated rings. The Morgan fingerprint density at radius 2 is 1.95 bits per heavy atom. The van der Waals surface area contributed by atoms with Crippen molar-refractivity contribution in [1.82, 2.24) is 0 Å². The molecule has 0 aliphatic heterocycles. The standard InChI is InChI=1S/C20H34O/c1-6-15(2)8-10-17-16(3)9-11-18-19(4,5)12-7-13-20(17,18)14-21/h8,10,14-18H,6-7,9,11-13H2,1-5H3/b10-8-/t15-,16+,17+,18+,20+/m1/s1. The van der Waals surface area contributed by atoms with Gasteiger partial charge in [-0.1, -0.05) is 59.6 Å². The molecule has 0 spiro atoms. The van der Waals surface area contributed by atoms with Crippen LogP contribution in [0.4, 0.5) is 0 Å². The van der Waals surface area contributed by atoms with Gasteiger partial charge < -0.3 is 4.79 Å². The smallest absolute Gasteiger partial charge is 0.127 e. The molecule has 0 saturated heterocycles. The molecule has 0 heterocycles. The number of carbonyl (C=O) groups is 1. The van der Waals surface area contributed by atoms with Gasteiger partial charge in [0.15, 0.2) is 0 Å². The second kappa shape index (κ2) is 6.26. The normalized spacial score (nSPS) is 40.7. The Balaban J connectivity index is 2.36. The molecule has 0 N–H and O–H groups in total. The van der Waals surface area contributed by atoms with Crippen molar-refractivity contribution in [3.63, 3.8) is 0 Å². The first-order valence-electron chi connectivity index (χ1n) is 9.02. The second-order valence-electron chi connectivity index (χ2n) is 8.48. The molecule has 0 bridgehead atoms. The maximum Gasteiger partial charge on any atom is 0.127 e. The van der Waals surface area contributed by atoms with Gasteiger partial charge in [-0.25, -0.2) is 0 Å². The van der Waals surface area contributed by atoms with Crippen LogP contribution in [0.2, 0.25) is 0 Å². The molecule has 2 saturated carbocycles. The third-order valence-corrected chi connectivity index (χ3v) is 6.68. The number of hydrogen-bond donors (Lipinski definition) is 0. The van der Waals surface area contributed by atoms with Gasteiger partial charge in [-0.2, -0.15) is 0 Å². The van der Waals surface area contributed by atoms with Crippen molar-refractivity contribution >= 4 is 6.29 Å². The molecule has 1 nitrogen and oxygen atoms in total. The highest BCUT2D eigenvalue weighted by Crippen LogP contribution is 2.60. The average molecular weight is 290 g/mol. The molecule has 0 radical (unpaired) electrons. The molecule has 0 unspecified atom stereocenters. The van der Waals surface area contributed by atoms with E-state index in [0.717, 1.165) is 6.42 Å². The van der Waals surface area contributed by atoms with Gasteiger partial charge in [0.1, 0.15) is 6.29 Å². The predicted molar refractivity (Wildman–Crippen MR) is 90.1 cm³/mol. The van der Waals surface area contributed by atoms with E-state index in [1.54, 1.807) is 0 Å². The predicted octanol–water partition coefficient (Wildman–Crippen LogP) is 5.65. The lowest BCUT2D eigenvalue weighted by atomic mass is 9.46. The fourth-order valence-electron chi connectivity index (χ4n) is 5.16. The van der Waals surface area contributed by atoms with Crippen LogP contribution in [0.25, 0.3) is 0 Å².